The highest BCUT2D eigenvalue weighted by molar-refractivity contribution is 5.78. The number of rotatable bonds is 3. The summed E-state index contributed by atoms with van der Waals surface area (Å²) in [5, 5.41) is 10.8. The molecule has 3 fully saturated rings. The van der Waals surface area contributed by atoms with Gasteiger partial charge in [0.1, 0.15) is 11.7 Å². The van der Waals surface area contributed by atoms with Gasteiger partial charge in [-0.15, -0.1) is 0 Å². The molecule has 4 atom stereocenters. The monoisotopic (exact) mass is 344 g/mol. The van der Waals surface area contributed by atoms with Crippen LogP contribution in [0.4, 0.5) is 0 Å². The van der Waals surface area contributed by atoms with Crippen LogP contribution >= 0.6 is 0 Å². The van der Waals surface area contributed by atoms with E-state index in [4.69, 9.17) is 23.7 Å². The van der Waals surface area contributed by atoms with Crippen molar-refractivity contribution in [2.45, 2.75) is 102 Å². The van der Waals surface area contributed by atoms with Gasteiger partial charge in [-0.1, -0.05) is 13.8 Å². The molecule has 0 amide bonds. The number of esters is 1. The van der Waals surface area contributed by atoms with Crippen molar-refractivity contribution in [1.82, 2.24) is 0 Å². The summed E-state index contributed by atoms with van der Waals surface area (Å²) in [4.78, 5) is 12.7. The highest BCUT2D eigenvalue weighted by Crippen LogP contribution is 2.51. The first-order valence-electron chi connectivity index (χ1n) is 8.64. The van der Waals surface area contributed by atoms with Gasteiger partial charge in [-0.25, -0.2) is 4.79 Å². The third-order valence-electron chi connectivity index (χ3n) is 5.32. The molecule has 24 heavy (non-hydrogen) atoms. The summed E-state index contributed by atoms with van der Waals surface area (Å²) in [5.41, 5.74) is -2.61. The lowest BCUT2D eigenvalue weighted by molar-refractivity contribution is -0.227. The summed E-state index contributed by atoms with van der Waals surface area (Å²) in [5.74, 6) is -2.39. The minimum atomic E-state index is -1.34. The van der Waals surface area contributed by atoms with E-state index in [1.54, 1.807) is 27.7 Å². The van der Waals surface area contributed by atoms with Gasteiger partial charge in [0.05, 0.1) is 5.60 Å². The molecular weight excluding hydrogens is 316 g/mol. The Hall–Kier alpha value is -0.730. The first-order chi connectivity index (χ1) is 11.0. The van der Waals surface area contributed by atoms with Crippen LogP contribution in [0, 0.1) is 0 Å². The lowest BCUT2D eigenvalue weighted by Gasteiger charge is -2.41. The summed E-state index contributed by atoms with van der Waals surface area (Å²) < 4.78 is 29.4. The molecule has 3 rings (SSSR count). The van der Waals surface area contributed by atoms with E-state index in [0.717, 1.165) is 0 Å². The molecule has 0 aromatic heterocycles. The van der Waals surface area contributed by atoms with Crippen LogP contribution < -0.4 is 0 Å². The fraction of sp³-hybridized carbons (Fsp3) is 0.941. The van der Waals surface area contributed by atoms with Crippen molar-refractivity contribution in [3.05, 3.63) is 0 Å². The molecule has 7 heteroatoms. The van der Waals surface area contributed by atoms with Crippen molar-refractivity contribution in [3.63, 3.8) is 0 Å². The van der Waals surface area contributed by atoms with Crippen LogP contribution in [-0.2, 0) is 28.5 Å². The van der Waals surface area contributed by atoms with Crippen LogP contribution in [0.25, 0.3) is 0 Å². The van der Waals surface area contributed by atoms with Crippen LogP contribution in [0.1, 0.15) is 60.8 Å². The van der Waals surface area contributed by atoms with Crippen LogP contribution in [0.5, 0.6) is 0 Å². The molecule has 0 unspecified atom stereocenters. The topological polar surface area (TPSA) is 83.5 Å². The fourth-order valence-electron chi connectivity index (χ4n) is 3.92. The fourth-order valence-corrected chi connectivity index (χ4v) is 3.92. The zero-order valence-corrected chi connectivity index (χ0v) is 15.3. The summed E-state index contributed by atoms with van der Waals surface area (Å²) in [6, 6.07) is 0. The van der Waals surface area contributed by atoms with Gasteiger partial charge < -0.3 is 28.8 Å². The zero-order valence-electron chi connectivity index (χ0n) is 15.3. The Labute approximate surface area is 142 Å². The number of ether oxygens (including phenoxy) is 5. The van der Waals surface area contributed by atoms with Crippen LogP contribution in [0.2, 0.25) is 0 Å². The van der Waals surface area contributed by atoms with Crippen molar-refractivity contribution in [2.24, 2.45) is 0 Å². The van der Waals surface area contributed by atoms with E-state index in [1.807, 2.05) is 13.8 Å². The predicted octanol–water partition coefficient (Wildman–Crippen LogP) is 1.85. The maximum Gasteiger partial charge on any atom is 0.340 e. The largest absolute Gasteiger partial charge is 0.431 e. The Morgan fingerprint density at radius 3 is 2.33 bits per heavy atom. The minimum absolute atomic E-state index is 0.239. The number of carbonyl (C=O) groups excluding carboxylic acids is 1. The summed E-state index contributed by atoms with van der Waals surface area (Å²) >= 11 is 0. The quantitative estimate of drug-likeness (QED) is 0.782. The second-order valence-electron chi connectivity index (χ2n) is 7.85. The maximum absolute atomic E-state index is 12.7. The first-order valence-corrected chi connectivity index (χ1v) is 8.64. The average Bonchev–Trinajstić information content (AvgIpc) is 2.92. The van der Waals surface area contributed by atoms with Crippen molar-refractivity contribution in [2.75, 3.05) is 0 Å². The third-order valence-corrected chi connectivity index (χ3v) is 5.32. The second-order valence-corrected chi connectivity index (χ2v) is 7.85. The zero-order chi connectivity index (χ0) is 18.0. The van der Waals surface area contributed by atoms with Gasteiger partial charge in [0, 0.05) is 6.42 Å². The first kappa shape index (κ1) is 18.1. The molecule has 0 bridgehead atoms. The van der Waals surface area contributed by atoms with E-state index in [-0.39, 0.29) is 6.42 Å². The molecular formula is C17H28O7. The number of carbonyl (C=O) groups is 1. The molecule has 3 heterocycles. The number of fused-ring (bicyclic) bond motifs is 2. The highest BCUT2D eigenvalue weighted by Gasteiger charge is 2.68. The molecule has 1 N–H and O–H groups in total. The molecule has 0 aromatic rings. The van der Waals surface area contributed by atoms with Gasteiger partial charge in [0.15, 0.2) is 17.7 Å². The van der Waals surface area contributed by atoms with E-state index < -0.39 is 47.2 Å². The van der Waals surface area contributed by atoms with Gasteiger partial charge in [0.25, 0.3) is 0 Å². The van der Waals surface area contributed by atoms with Crippen LogP contribution in [-0.4, -0.2) is 52.4 Å². The standard InChI is InChI=1S/C17H28O7/c1-7-16(8-2)21-10-9-17(14(3,4)19)11(22-15(5,6)24-17)12(18)20-13(10)23-16/h10-11,13,19H,7-9H2,1-6H3/t10-,11+,13-,17-/m1/s1. The molecule has 0 radical (unpaired) electrons. The van der Waals surface area contributed by atoms with Gasteiger partial charge >= 0.3 is 5.97 Å². The summed E-state index contributed by atoms with van der Waals surface area (Å²) in [7, 11) is 0. The van der Waals surface area contributed by atoms with Gasteiger partial charge in [-0.3, -0.25) is 0 Å². The number of hydrogen-bond donors (Lipinski definition) is 1. The molecule has 0 spiro atoms. The molecule has 0 aromatic carbocycles. The van der Waals surface area contributed by atoms with Crippen LogP contribution in [0.3, 0.4) is 0 Å². The Morgan fingerprint density at radius 2 is 1.79 bits per heavy atom. The molecule has 3 saturated heterocycles. The minimum Gasteiger partial charge on any atom is -0.431 e. The van der Waals surface area contributed by atoms with Crippen molar-refractivity contribution in [1.29, 1.82) is 0 Å². The van der Waals surface area contributed by atoms with E-state index in [0.29, 0.717) is 12.8 Å². The Morgan fingerprint density at radius 1 is 1.17 bits per heavy atom. The van der Waals surface area contributed by atoms with Crippen molar-refractivity contribution >= 4 is 5.97 Å². The Kier molecular flexibility index (Phi) is 4.05. The SMILES string of the molecule is CCC1(CC)O[C@H]2OC(=O)[C@@H]3OC(C)(C)O[C@]3(C(C)(C)O)C[C@H]2O1. The molecule has 3 aliphatic heterocycles. The molecule has 138 valence electrons. The van der Waals surface area contributed by atoms with Gasteiger partial charge in [-0.05, 0) is 40.5 Å². The van der Waals surface area contributed by atoms with Crippen molar-refractivity contribution < 1.29 is 33.6 Å². The molecule has 0 saturated carbocycles. The van der Waals surface area contributed by atoms with E-state index in [1.165, 1.54) is 0 Å². The second kappa shape index (κ2) is 5.38. The highest BCUT2D eigenvalue weighted by atomic mass is 16.8. The van der Waals surface area contributed by atoms with E-state index >= 15 is 0 Å². The van der Waals surface area contributed by atoms with Crippen LogP contribution in [0.15, 0.2) is 0 Å². The predicted molar refractivity (Wildman–Crippen MR) is 82.8 cm³/mol. The average molecular weight is 344 g/mol. The molecule has 0 aliphatic carbocycles. The van der Waals surface area contributed by atoms with Crippen molar-refractivity contribution in [3.8, 4) is 0 Å². The molecule has 3 aliphatic rings. The lowest BCUT2D eigenvalue weighted by atomic mass is 9.77. The molecule has 7 nitrogen and oxygen atoms in total. The number of hydrogen-bond acceptors (Lipinski definition) is 7. The van der Waals surface area contributed by atoms with Gasteiger partial charge in [-0.2, -0.15) is 0 Å². The van der Waals surface area contributed by atoms with E-state index in [9.17, 15) is 9.90 Å². The lowest BCUT2D eigenvalue weighted by Crippen LogP contribution is -2.60. The maximum atomic E-state index is 12.7. The normalized spacial score (nSPS) is 40.6. The summed E-state index contributed by atoms with van der Waals surface area (Å²) in [6.45, 7) is 10.6. The summed E-state index contributed by atoms with van der Waals surface area (Å²) in [6.07, 6.45) is -0.877. The Bertz CT molecular complexity index is 520. The Balaban J connectivity index is 2.00. The van der Waals surface area contributed by atoms with Gasteiger partial charge in [0.2, 0.25) is 6.29 Å². The van der Waals surface area contributed by atoms with E-state index in [2.05, 4.69) is 0 Å². The third kappa shape index (κ3) is 2.57. The smallest absolute Gasteiger partial charge is 0.340 e. The number of aliphatic hydroxyl groups is 1.